The minimum atomic E-state index is -0.325. The van der Waals surface area contributed by atoms with E-state index in [0.29, 0.717) is 12.3 Å². The van der Waals surface area contributed by atoms with Crippen molar-refractivity contribution >= 4 is 11.8 Å². The molecule has 0 saturated carbocycles. The lowest BCUT2D eigenvalue weighted by Crippen LogP contribution is -2.12. The number of ketones is 1. The van der Waals surface area contributed by atoms with Crippen LogP contribution in [0, 0.1) is 5.92 Å². The maximum Gasteiger partial charge on any atom is 0.311 e. The highest BCUT2D eigenvalue weighted by atomic mass is 16.5. The number of Topliss-reactive ketones (excluding diaryl/α,β-unsaturated/α-hetero) is 1. The van der Waals surface area contributed by atoms with Gasteiger partial charge in [-0.05, 0) is 24.5 Å². The summed E-state index contributed by atoms with van der Waals surface area (Å²) in [5.74, 6) is 0.156. The molecule has 0 aromatic carbocycles. The molecule has 1 aromatic rings. The van der Waals surface area contributed by atoms with Gasteiger partial charge in [0.05, 0.1) is 0 Å². The molecule has 1 rings (SSSR count). The van der Waals surface area contributed by atoms with Crippen LogP contribution < -0.4 is 4.74 Å². The molecule has 92 valence electrons. The molecular weight excluding hydrogens is 218 g/mol. The Labute approximate surface area is 101 Å². The fraction of sp³-hybridized carbons (Fsp3) is 0.462. The van der Waals surface area contributed by atoms with E-state index in [9.17, 15) is 9.59 Å². The number of hydrogen-bond donors (Lipinski definition) is 0. The molecule has 17 heavy (non-hydrogen) atoms. The monoisotopic (exact) mass is 235 g/mol. The molecule has 1 aromatic heterocycles. The SMILES string of the molecule is CC(=O)c1ncccc1OC(=O)CCC(C)C. The summed E-state index contributed by atoms with van der Waals surface area (Å²) in [7, 11) is 0. The van der Waals surface area contributed by atoms with Crippen LogP contribution in [-0.2, 0) is 4.79 Å². The average molecular weight is 235 g/mol. The second-order valence-electron chi connectivity index (χ2n) is 4.31. The number of rotatable bonds is 5. The van der Waals surface area contributed by atoms with Gasteiger partial charge in [0.25, 0.3) is 0 Å². The summed E-state index contributed by atoms with van der Waals surface area (Å²) in [6.07, 6.45) is 2.63. The normalized spacial score (nSPS) is 10.4. The molecule has 0 atom stereocenters. The number of carbonyl (C=O) groups excluding carboxylic acids is 2. The predicted molar refractivity (Wildman–Crippen MR) is 63.9 cm³/mol. The van der Waals surface area contributed by atoms with Crippen LogP contribution in [0.2, 0.25) is 0 Å². The van der Waals surface area contributed by atoms with E-state index in [0.717, 1.165) is 6.42 Å². The molecule has 0 spiro atoms. The minimum absolute atomic E-state index is 0.199. The van der Waals surface area contributed by atoms with E-state index in [-0.39, 0.29) is 23.2 Å². The summed E-state index contributed by atoms with van der Waals surface area (Å²) in [5, 5.41) is 0. The first-order valence-electron chi connectivity index (χ1n) is 5.67. The van der Waals surface area contributed by atoms with Crippen LogP contribution in [-0.4, -0.2) is 16.7 Å². The van der Waals surface area contributed by atoms with Gasteiger partial charge >= 0.3 is 5.97 Å². The lowest BCUT2D eigenvalue weighted by atomic mass is 10.1. The Morgan fingerprint density at radius 3 is 2.71 bits per heavy atom. The van der Waals surface area contributed by atoms with Crippen molar-refractivity contribution in [1.29, 1.82) is 0 Å². The lowest BCUT2D eigenvalue weighted by Gasteiger charge is -2.07. The highest BCUT2D eigenvalue weighted by Gasteiger charge is 2.13. The van der Waals surface area contributed by atoms with Gasteiger partial charge in [-0.1, -0.05) is 13.8 Å². The van der Waals surface area contributed by atoms with Crippen molar-refractivity contribution in [3.05, 3.63) is 24.0 Å². The molecule has 0 amide bonds. The van der Waals surface area contributed by atoms with E-state index < -0.39 is 0 Å². The van der Waals surface area contributed by atoms with Crippen molar-refractivity contribution in [3.8, 4) is 5.75 Å². The number of aromatic nitrogens is 1. The first-order chi connectivity index (χ1) is 8.00. The Hall–Kier alpha value is -1.71. The van der Waals surface area contributed by atoms with Crippen LogP contribution in [0.3, 0.4) is 0 Å². The summed E-state index contributed by atoms with van der Waals surface area (Å²) >= 11 is 0. The molecule has 0 N–H and O–H groups in total. The molecule has 0 fully saturated rings. The third kappa shape index (κ3) is 4.34. The van der Waals surface area contributed by atoms with Crippen molar-refractivity contribution in [1.82, 2.24) is 4.98 Å². The Morgan fingerprint density at radius 2 is 2.12 bits per heavy atom. The largest absolute Gasteiger partial charge is 0.424 e. The first kappa shape index (κ1) is 13.4. The summed E-state index contributed by atoms with van der Waals surface area (Å²) in [4.78, 5) is 26.7. The number of hydrogen-bond acceptors (Lipinski definition) is 4. The molecule has 1 heterocycles. The zero-order valence-corrected chi connectivity index (χ0v) is 10.4. The van der Waals surface area contributed by atoms with Gasteiger partial charge in [0.1, 0.15) is 5.69 Å². The number of esters is 1. The van der Waals surface area contributed by atoms with Crippen LogP contribution >= 0.6 is 0 Å². The Bertz CT molecular complexity index is 413. The summed E-state index contributed by atoms with van der Waals surface area (Å²) in [6, 6.07) is 3.22. The van der Waals surface area contributed by atoms with Crippen molar-refractivity contribution in [2.45, 2.75) is 33.6 Å². The van der Waals surface area contributed by atoms with E-state index >= 15 is 0 Å². The standard InChI is InChI=1S/C13H17NO3/c1-9(2)6-7-12(16)17-11-5-4-8-14-13(11)10(3)15/h4-5,8-9H,6-7H2,1-3H3. The molecule has 4 nitrogen and oxygen atoms in total. The fourth-order valence-electron chi connectivity index (χ4n) is 1.32. The quantitative estimate of drug-likeness (QED) is 0.581. The number of nitrogens with zero attached hydrogens (tertiary/aromatic N) is 1. The van der Waals surface area contributed by atoms with Crippen LogP contribution in [0.1, 0.15) is 44.1 Å². The maximum atomic E-state index is 11.5. The van der Waals surface area contributed by atoms with Gasteiger partial charge in [-0.2, -0.15) is 0 Å². The van der Waals surface area contributed by atoms with E-state index in [1.807, 2.05) is 13.8 Å². The summed E-state index contributed by atoms with van der Waals surface area (Å²) < 4.78 is 5.13. The molecule has 0 unspecified atom stereocenters. The summed E-state index contributed by atoms with van der Waals surface area (Å²) in [5.41, 5.74) is 0.199. The zero-order valence-electron chi connectivity index (χ0n) is 10.4. The Kier molecular flexibility index (Phi) is 4.82. The van der Waals surface area contributed by atoms with Crippen molar-refractivity contribution in [2.24, 2.45) is 5.92 Å². The van der Waals surface area contributed by atoms with E-state index in [1.165, 1.54) is 13.1 Å². The van der Waals surface area contributed by atoms with Crippen LogP contribution in [0.5, 0.6) is 5.75 Å². The molecule has 0 aliphatic rings. The molecule has 0 aliphatic carbocycles. The second-order valence-corrected chi connectivity index (χ2v) is 4.31. The number of carbonyl (C=O) groups is 2. The van der Waals surface area contributed by atoms with Gasteiger partial charge in [-0.3, -0.25) is 9.59 Å². The third-order valence-corrected chi connectivity index (χ3v) is 2.25. The van der Waals surface area contributed by atoms with E-state index in [4.69, 9.17) is 4.74 Å². The Morgan fingerprint density at radius 1 is 1.41 bits per heavy atom. The molecule has 0 radical (unpaired) electrons. The molecule has 0 saturated heterocycles. The van der Waals surface area contributed by atoms with Gasteiger partial charge in [-0.15, -0.1) is 0 Å². The molecular formula is C13H17NO3. The third-order valence-electron chi connectivity index (χ3n) is 2.25. The van der Waals surface area contributed by atoms with Gasteiger partial charge in [0.15, 0.2) is 11.5 Å². The van der Waals surface area contributed by atoms with E-state index in [2.05, 4.69) is 4.98 Å². The highest BCUT2D eigenvalue weighted by molar-refractivity contribution is 5.95. The van der Waals surface area contributed by atoms with Crippen molar-refractivity contribution < 1.29 is 14.3 Å². The topological polar surface area (TPSA) is 56.3 Å². The smallest absolute Gasteiger partial charge is 0.311 e. The maximum absolute atomic E-state index is 11.5. The van der Waals surface area contributed by atoms with Crippen LogP contribution in [0.4, 0.5) is 0 Å². The minimum Gasteiger partial charge on any atom is -0.424 e. The van der Waals surface area contributed by atoms with Crippen molar-refractivity contribution in [3.63, 3.8) is 0 Å². The van der Waals surface area contributed by atoms with E-state index in [1.54, 1.807) is 12.1 Å². The van der Waals surface area contributed by atoms with Crippen LogP contribution in [0.25, 0.3) is 0 Å². The number of pyridine rings is 1. The van der Waals surface area contributed by atoms with Gasteiger partial charge in [0.2, 0.25) is 0 Å². The molecule has 0 bridgehead atoms. The van der Waals surface area contributed by atoms with Crippen LogP contribution in [0.15, 0.2) is 18.3 Å². The van der Waals surface area contributed by atoms with Crippen molar-refractivity contribution in [2.75, 3.05) is 0 Å². The molecule has 0 aliphatic heterocycles. The van der Waals surface area contributed by atoms with Gasteiger partial charge in [-0.25, -0.2) is 4.98 Å². The lowest BCUT2D eigenvalue weighted by molar-refractivity contribution is -0.134. The predicted octanol–water partition coefficient (Wildman–Crippen LogP) is 2.63. The average Bonchev–Trinajstić information content (AvgIpc) is 2.27. The summed E-state index contributed by atoms with van der Waals surface area (Å²) in [6.45, 7) is 5.48. The Balaban J connectivity index is 2.68. The van der Waals surface area contributed by atoms with Gasteiger partial charge in [0, 0.05) is 19.5 Å². The highest BCUT2D eigenvalue weighted by Crippen LogP contribution is 2.17. The fourth-order valence-corrected chi connectivity index (χ4v) is 1.32. The second kappa shape index (κ2) is 6.13. The molecule has 4 heteroatoms. The first-order valence-corrected chi connectivity index (χ1v) is 5.67. The number of ether oxygens (including phenoxy) is 1. The zero-order chi connectivity index (χ0) is 12.8. The van der Waals surface area contributed by atoms with Gasteiger partial charge < -0.3 is 4.74 Å².